The van der Waals surface area contributed by atoms with Gasteiger partial charge in [0.25, 0.3) is 0 Å². The molecule has 17 heavy (non-hydrogen) atoms. The minimum Gasteiger partial charge on any atom is -0.328 e. The average molecular weight is 240 g/mol. The molecule has 0 saturated carbocycles. The molecule has 4 unspecified atom stereocenters. The molecular formula is C15H32N2. The molecule has 0 spiro atoms. The maximum Gasteiger partial charge on any atom is 0.00695 e. The predicted molar refractivity (Wildman–Crippen MR) is 76.1 cm³/mol. The number of hydrogen-bond donors (Lipinski definition) is 1. The van der Waals surface area contributed by atoms with Crippen molar-refractivity contribution in [1.82, 2.24) is 4.90 Å². The van der Waals surface area contributed by atoms with E-state index in [0.29, 0.717) is 6.04 Å². The van der Waals surface area contributed by atoms with E-state index in [9.17, 15) is 0 Å². The van der Waals surface area contributed by atoms with Crippen LogP contribution in [0.2, 0.25) is 0 Å². The van der Waals surface area contributed by atoms with E-state index in [0.717, 1.165) is 17.9 Å². The maximum absolute atomic E-state index is 5.79. The SMILES string of the molecule is CC(N)CCCC(C)CN1CCC(C)CC1C. The predicted octanol–water partition coefficient (Wildman–Crippen LogP) is 3.26. The molecule has 0 aromatic carbocycles. The number of piperidine rings is 1. The van der Waals surface area contributed by atoms with Crippen molar-refractivity contribution in [3.05, 3.63) is 0 Å². The van der Waals surface area contributed by atoms with E-state index in [4.69, 9.17) is 5.73 Å². The second-order valence-corrected chi connectivity index (χ2v) is 6.49. The van der Waals surface area contributed by atoms with Gasteiger partial charge in [0.15, 0.2) is 0 Å². The fourth-order valence-corrected chi connectivity index (χ4v) is 3.01. The summed E-state index contributed by atoms with van der Waals surface area (Å²) >= 11 is 0. The number of hydrogen-bond acceptors (Lipinski definition) is 2. The fraction of sp³-hybridized carbons (Fsp3) is 1.00. The highest BCUT2D eigenvalue weighted by Gasteiger charge is 2.23. The summed E-state index contributed by atoms with van der Waals surface area (Å²) in [5, 5.41) is 0. The molecule has 1 saturated heterocycles. The maximum atomic E-state index is 5.79. The smallest absolute Gasteiger partial charge is 0.00695 e. The van der Waals surface area contributed by atoms with Crippen LogP contribution in [-0.4, -0.2) is 30.1 Å². The first-order valence-corrected chi connectivity index (χ1v) is 7.48. The first-order chi connectivity index (χ1) is 7.99. The molecule has 1 rings (SSSR count). The van der Waals surface area contributed by atoms with Crippen molar-refractivity contribution in [3.8, 4) is 0 Å². The van der Waals surface area contributed by atoms with E-state index >= 15 is 0 Å². The van der Waals surface area contributed by atoms with Gasteiger partial charge in [0.05, 0.1) is 0 Å². The minimum absolute atomic E-state index is 0.372. The van der Waals surface area contributed by atoms with Gasteiger partial charge in [-0.1, -0.05) is 20.3 Å². The average Bonchev–Trinajstić information content (AvgIpc) is 2.21. The van der Waals surface area contributed by atoms with Crippen molar-refractivity contribution < 1.29 is 0 Å². The summed E-state index contributed by atoms with van der Waals surface area (Å²) in [7, 11) is 0. The Morgan fingerprint density at radius 3 is 2.53 bits per heavy atom. The minimum atomic E-state index is 0.372. The summed E-state index contributed by atoms with van der Waals surface area (Å²) in [6.45, 7) is 11.9. The van der Waals surface area contributed by atoms with Crippen LogP contribution in [0.25, 0.3) is 0 Å². The van der Waals surface area contributed by atoms with E-state index in [1.165, 1.54) is 45.2 Å². The van der Waals surface area contributed by atoms with Crippen LogP contribution in [0.15, 0.2) is 0 Å². The molecule has 102 valence electrons. The molecule has 0 aromatic heterocycles. The van der Waals surface area contributed by atoms with Crippen molar-refractivity contribution in [2.24, 2.45) is 17.6 Å². The summed E-state index contributed by atoms with van der Waals surface area (Å²) < 4.78 is 0. The van der Waals surface area contributed by atoms with Crippen LogP contribution in [0.3, 0.4) is 0 Å². The molecular weight excluding hydrogens is 208 g/mol. The third-order valence-electron chi connectivity index (χ3n) is 4.18. The van der Waals surface area contributed by atoms with Gasteiger partial charge in [0.2, 0.25) is 0 Å². The second kappa shape index (κ2) is 7.38. The van der Waals surface area contributed by atoms with Crippen molar-refractivity contribution in [3.63, 3.8) is 0 Å². The Balaban J connectivity index is 2.19. The molecule has 4 atom stereocenters. The van der Waals surface area contributed by atoms with E-state index < -0.39 is 0 Å². The van der Waals surface area contributed by atoms with Gasteiger partial charge in [-0.3, -0.25) is 0 Å². The lowest BCUT2D eigenvalue weighted by Gasteiger charge is -2.38. The van der Waals surface area contributed by atoms with Crippen LogP contribution in [0.5, 0.6) is 0 Å². The van der Waals surface area contributed by atoms with Gasteiger partial charge in [-0.05, 0) is 57.9 Å². The summed E-state index contributed by atoms with van der Waals surface area (Å²) in [6.07, 6.45) is 6.57. The third-order valence-corrected chi connectivity index (χ3v) is 4.18. The zero-order chi connectivity index (χ0) is 12.8. The Labute approximate surface area is 108 Å². The van der Waals surface area contributed by atoms with Gasteiger partial charge in [-0.2, -0.15) is 0 Å². The molecule has 1 aliphatic rings. The summed E-state index contributed by atoms with van der Waals surface area (Å²) in [4.78, 5) is 2.69. The van der Waals surface area contributed by atoms with Crippen LogP contribution in [-0.2, 0) is 0 Å². The zero-order valence-electron chi connectivity index (χ0n) is 12.3. The molecule has 0 aliphatic carbocycles. The molecule has 2 N–H and O–H groups in total. The van der Waals surface area contributed by atoms with E-state index in [1.54, 1.807) is 0 Å². The Morgan fingerprint density at radius 2 is 1.94 bits per heavy atom. The van der Waals surface area contributed by atoms with Gasteiger partial charge in [-0.25, -0.2) is 0 Å². The van der Waals surface area contributed by atoms with Gasteiger partial charge in [-0.15, -0.1) is 0 Å². The van der Waals surface area contributed by atoms with Crippen LogP contribution < -0.4 is 5.73 Å². The van der Waals surface area contributed by atoms with Crippen molar-refractivity contribution in [2.75, 3.05) is 13.1 Å². The quantitative estimate of drug-likeness (QED) is 0.772. The molecule has 0 aromatic rings. The standard InChI is InChI=1S/C15H32N2/c1-12-8-9-17(15(4)10-12)11-13(2)6-5-7-14(3)16/h12-15H,5-11,16H2,1-4H3. The summed E-state index contributed by atoms with van der Waals surface area (Å²) in [6, 6.07) is 1.16. The molecule has 2 nitrogen and oxygen atoms in total. The van der Waals surface area contributed by atoms with Gasteiger partial charge >= 0.3 is 0 Å². The Morgan fingerprint density at radius 1 is 1.24 bits per heavy atom. The highest BCUT2D eigenvalue weighted by atomic mass is 15.2. The molecule has 2 heteroatoms. The normalized spacial score (nSPS) is 30.2. The number of nitrogens with two attached hydrogens (primary N) is 1. The topological polar surface area (TPSA) is 29.3 Å². The van der Waals surface area contributed by atoms with Crippen LogP contribution in [0.4, 0.5) is 0 Å². The lowest BCUT2D eigenvalue weighted by molar-refractivity contribution is 0.110. The summed E-state index contributed by atoms with van der Waals surface area (Å²) in [5.74, 6) is 1.75. The zero-order valence-corrected chi connectivity index (χ0v) is 12.3. The molecule has 0 bridgehead atoms. The van der Waals surface area contributed by atoms with Crippen LogP contribution in [0.1, 0.15) is 59.8 Å². The number of rotatable bonds is 6. The highest BCUT2D eigenvalue weighted by molar-refractivity contribution is 4.78. The molecule has 0 radical (unpaired) electrons. The van der Waals surface area contributed by atoms with E-state index in [2.05, 4.69) is 32.6 Å². The van der Waals surface area contributed by atoms with Gasteiger partial charge < -0.3 is 10.6 Å². The van der Waals surface area contributed by atoms with Crippen LogP contribution >= 0.6 is 0 Å². The summed E-state index contributed by atoms with van der Waals surface area (Å²) in [5.41, 5.74) is 5.79. The first-order valence-electron chi connectivity index (χ1n) is 7.48. The van der Waals surface area contributed by atoms with Gasteiger partial charge in [0, 0.05) is 18.6 Å². The molecule has 1 heterocycles. The fourth-order valence-electron chi connectivity index (χ4n) is 3.01. The van der Waals surface area contributed by atoms with Gasteiger partial charge in [0.1, 0.15) is 0 Å². The third kappa shape index (κ3) is 5.87. The largest absolute Gasteiger partial charge is 0.328 e. The van der Waals surface area contributed by atoms with E-state index in [1.807, 2.05) is 0 Å². The number of nitrogens with zero attached hydrogens (tertiary/aromatic N) is 1. The number of likely N-dealkylation sites (tertiary alicyclic amines) is 1. The Bertz CT molecular complexity index is 203. The Hall–Kier alpha value is -0.0800. The Kier molecular flexibility index (Phi) is 6.50. The van der Waals surface area contributed by atoms with E-state index in [-0.39, 0.29) is 0 Å². The first kappa shape index (κ1) is 15.0. The highest BCUT2D eigenvalue weighted by Crippen LogP contribution is 2.23. The lowest BCUT2D eigenvalue weighted by atomic mass is 9.92. The monoisotopic (exact) mass is 240 g/mol. The molecule has 1 aliphatic heterocycles. The van der Waals surface area contributed by atoms with Crippen molar-refractivity contribution >= 4 is 0 Å². The van der Waals surface area contributed by atoms with Crippen molar-refractivity contribution in [2.45, 2.75) is 71.9 Å². The second-order valence-electron chi connectivity index (χ2n) is 6.49. The molecule has 0 amide bonds. The molecule has 1 fully saturated rings. The van der Waals surface area contributed by atoms with Crippen LogP contribution in [0, 0.1) is 11.8 Å². The lowest BCUT2D eigenvalue weighted by Crippen LogP contribution is -2.42. The van der Waals surface area contributed by atoms with Crippen molar-refractivity contribution in [1.29, 1.82) is 0 Å².